The minimum atomic E-state index is -0.217. The number of carbonyl (C=O) groups is 1. The average molecular weight is 554 g/mol. The molecule has 8 heteroatoms. The quantitative estimate of drug-likeness (QED) is 0.228. The molecular formula is C32H32ClN5O2. The SMILES string of the molecule is N#Cc1ccc(Cc2ncc(CNC3CCN(Cc4cccc(Cl)c4)C3=O)[nH]2)cc1OCCCc1ccccc1. The summed E-state index contributed by atoms with van der Waals surface area (Å²) in [7, 11) is 0. The molecule has 0 spiro atoms. The Morgan fingerprint density at radius 3 is 2.75 bits per heavy atom. The standard InChI is InChI=1S/C32H32ClN5O2/c33-27-10-4-8-25(16-27)22-38-14-13-29(32(38)39)35-20-28-21-36-31(37-28)18-24-11-12-26(19-34)30(17-24)40-15-5-9-23-6-2-1-3-7-23/h1-4,6-8,10-12,16-17,21,29,35H,5,9,13-15,18,20,22H2,(H,36,37). The van der Waals surface area contributed by atoms with Gasteiger partial charge >= 0.3 is 0 Å². The summed E-state index contributed by atoms with van der Waals surface area (Å²) in [5.74, 6) is 1.52. The number of aryl methyl sites for hydroxylation is 1. The summed E-state index contributed by atoms with van der Waals surface area (Å²) in [6, 6.07) is 25.6. The minimum Gasteiger partial charge on any atom is -0.492 e. The van der Waals surface area contributed by atoms with Gasteiger partial charge < -0.3 is 19.9 Å². The first-order valence-electron chi connectivity index (χ1n) is 13.6. The van der Waals surface area contributed by atoms with E-state index in [1.54, 1.807) is 12.3 Å². The Labute approximate surface area is 239 Å². The molecule has 3 aromatic carbocycles. The fourth-order valence-electron chi connectivity index (χ4n) is 4.94. The normalized spacial score (nSPS) is 14.8. The zero-order valence-corrected chi connectivity index (χ0v) is 23.0. The van der Waals surface area contributed by atoms with E-state index in [0.717, 1.165) is 41.9 Å². The van der Waals surface area contributed by atoms with Gasteiger partial charge in [0, 0.05) is 43.0 Å². The number of carbonyl (C=O) groups excluding carboxylic acids is 1. The molecule has 2 N–H and O–H groups in total. The van der Waals surface area contributed by atoms with Crippen molar-refractivity contribution in [1.29, 1.82) is 5.26 Å². The summed E-state index contributed by atoms with van der Waals surface area (Å²) in [4.78, 5) is 22.6. The van der Waals surface area contributed by atoms with Crippen LogP contribution < -0.4 is 10.1 Å². The van der Waals surface area contributed by atoms with Gasteiger partial charge in [-0.25, -0.2) is 4.98 Å². The molecule has 0 bridgehead atoms. The van der Waals surface area contributed by atoms with Crippen LogP contribution in [-0.4, -0.2) is 40.0 Å². The van der Waals surface area contributed by atoms with E-state index in [9.17, 15) is 10.1 Å². The molecule has 1 atom stereocenters. The topological polar surface area (TPSA) is 94.0 Å². The average Bonchev–Trinajstić information content (AvgIpc) is 3.56. The molecule has 0 aliphatic carbocycles. The van der Waals surface area contributed by atoms with Crippen molar-refractivity contribution < 1.29 is 9.53 Å². The number of amides is 1. The highest BCUT2D eigenvalue weighted by Crippen LogP contribution is 2.22. The third kappa shape index (κ3) is 7.29. The Balaban J connectivity index is 1.11. The van der Waals surface area contributed by atoms with E-state index in [4.69, 9.17) is 16.3 Å². The van der Waals surface area contributed by atoms with Gasteiger partial charge in [0.1, 0.15) is 17.6 Å². The van der Waals surface area contributed by atoms with Gasteiger partial charge in [0.2, 0.25) is 5.91 Å². The molecule has 2 heterocycles. The predicted octanol–water partition coefficient (Wildman–Crippen LogP) is 5.43. The number of aromatic amines is 1. The Morgan fingerprint density at radius 2 is 1.93 bits per heavy atom. The zero-order valence-electron chi connectivity index (χ0n) is 22.3. The van der Waals surface area contributed by atoms with Gasteiger partial charge in [-0.1, -0.05) is 60.1 Å². The Bertz CT molecular complexity index is 1480. The van der Waals surface area contributed by atoms with Crippen LogP contribution in [0.1, 0.15) is 46.6 Å². The number of H-pyrrole nitrogens is 1. The molecule has 1 unspecified atom stereocenters. The lowest BCUT2D eigenvalue weighted by molar-refractivity contribution is -0.129. The molecule has 4 aromatic rings. The van der Waals surface area contributed by atoms with E-state index in [1.165, 1.54) is 5.56 Å². The first kappa shape index (κ1) is 27.4. The summed E-state index contributed by atoms with van der Waals surface area (Å²) >= 11 is 6.09. The maximum atomic E-state index is 12.9. The van der Waals surface area contributed by atoms with Crippen LogP contribution >= 0.6 is 11.6 Å². The largest absolute Gasteiger partial charge is 0.492 e. The summed E-state index contributed by atoms with van der Waals surface area (Å²) < 4.78 is 5.99. The number of nitrogens with zero attached hydrogens (tertiary/aromatic N) is 3. The molecule has 7 nitrogen and oxygen atoms in total. The monoisotopic (exact) mass is 553 g/mol. The molecule has 1 aliphatic rings. The van der Waals surface area contributed by atoms with E-state index in [0.29, 0.717) is 49.0 Å². The second-order valence-electron chi connectivity index (χ2n) is 10.0. The minimum absolute atomic E-state index is 0.105. The van der Waals surface area contributed by atoms with Crippen LogP contribution in [0.2, 0.25) is 5.02 Å². The van der Waals surface area contributed by atoms with Crippen molar-refractivity contribution in [3.05, 3.63) is 118 Å². The van der Waals surface area contributed by atoms with Gasteiger partial charge in [-0.2, -0.15) is 5.26 Å². The lowest BCUT2D eigenvalue weighted by Crippen LogP contribution is -2.37. The van der Waals surface area contributed by atoms with Crippen LogP contribution in [-0.2, 0) is 30.7 Å². The number of benzene rings is 3. The van der Waals surface area contributed by atoms with Gasteiger partial charge in [-0.05, 0) is 60.2 Å². The molecule has 1 aromatic heterocycles. The predicted molar refractivity (Wildman–Crippen MR) is 155 cm³/mol. The number of rotatable bonds is 12. The third-order valence-electron chi connectivity index (χ3n) is 7.03. The Morgan fingerprint density at radius 1 is 1.07 bits per heavy atom. The fraction of sp³-hybridized carbons (Fsp3) is 0.281. The van der Waals surface area contributed by atoms with Crippen molar-refractivity contribution in [3.63, 3.8) is 0 Å². The maximum absolute atomic E-state index is 12.9. The van der Waals surface area contributed by atoms with Crippen molar-refractivity contribution in [3.8, 4) is 11.8 Å². The first-order chi connectivity index (χ1) is 19.6. The fourth-order valence-corrected chi connectivity index (χ4v) is 5.16. The summed E-state index contributed by atoms with van der Waals surface area (Å²) in [6.45, 7) is 2.35. The number of ether oxygens (including phenoxy) is 1. The number of aromatic nitrogens is 2. The molecule has 5 rings (SSSR count). The highest BCUT2D eigenvalue weighted by Gasteiger charge is 2.31. The smallest absolute Gasteiger partial charge is 0.240 e. The molecule has 1 amide bonds. The number of hydrogen-bond acceptors (Lipinski definition) is 5. The lowest BCUT2D eigenvalue weighted by Gasteiger charge is -2.17. The van der Waals surface area contributed by atoms with E-state index in [1.807, 2.05) is 59.5 Å². The van der Waals surface area contributed by atoms with Crippen molar-refractivity contribution in [2.45, 2.75) is 44.8 Å². The number of imidazole rings is 1. The van der Waals surface area contributed by atoms with Gasteiger partial charge in [0.25, 0.3) is 0 Å². The van der Waals surface area contributed by atoms with Crippen LogP contribution in [0.15, 0.2) is 79.0 Å². The highest BCUT2D eigenvalue weighted by molar-refractivity contribution is 6.30. The Hall–Kier alpha value is -4.12. The molecule has 1 fully saturated rings. The van der Waals surface area contributed by atoms with E-state index in [-0.39, 0.29) is 11.9 Å². The highest BCUT2D eigenvalue weighted by atomic mass is 35.5. The van der Waals surface area contributed by atoms with Gasteiger partial charge in [-0.3, -0.25) is 4.79 Å². The van der Waals surface area contributed by atoms with E-state index >= 15 is 0 Å². The van der Waals surface area contributed by atoms with Crippen LogP contribution in [0, 0.1) is 11.3 Å². The molecule has 40 heavy (non-hydrogen) atoms. The third-order valence-corrected chi connectivity index (χ3v) is 7.26. The number of hydrogen-bond donors (Lipinski definition) is 2. The summed E-state index contributed by atoms with van der Waals surface area (Å²) in [5.41, 5.74) is 4.76. The van der Waals surface area contributed by atoms with Crippen molar-refractivity contribution in [2.75, 3.05) is 13.2 Å². The molecule has 0 radical (unpaired) electrons. The second-order valence-corrected chi connectivity index (χ2v) is 10.5. The molecule has 204 valence electrons. The van der Waals surface area contributed by atoms with Crippen molar-refractivity contribution in [1.82, 2.24) is 20.2 Å². The van der Waals surface area contributed by atoms with Crippen molar-refractivity contribution >= 4 is 17.5 Å². The van der Waals surface area contributed by atoms with Crippen LogP contribution in [0.4, 0.5) is 0 Å². The van der Waals surface area contributed by atoms with E-state index in [2.05, 4.69) is 33.5 Å². The summed E-state index contributed by atoms with van der Waals surface area (Å²) in [5, 5.41) is 13.6. The molecule has 0 saturated carbocycles. The van der Waals surface area contributed by atoms with Gasteiger partial charge in [-0.15, -0.1) is 0 Å². The van der Waals surface area contributed by atoms with Crippen LogP contribution in [0.25, 0.3) is 0 Å². The number of halogens is 1. The molecule has 1 aliphatic heterocycles. The van der Waals surface area contributed by atoms with E-state index < -0.39 is 0 Å². The lowest BCUT2D eigenvalue weighted by atomic mass is 10.1. The van der Waals surface area contributed by atoms with Crippen LogP contribution in [0.5, 0.6) is 5.75 Å². The van der Waals surface area contributed by atoms with Gasteiger partial charge in [0.05, 0.1) is 18.2 Å². The van der Waals surface area contributed by atoms with Crippen LogP contribution in [0.3, 0.4) is 0 Å². The number of nitriles is 1. The Kier molecular flexibility index (Phi) is 9.12. The number of likely N-dealkylation sites (tertiary alicyclic amines) is 1. The number of nitrogens with one attached hydrogen (secondary N) is 2. The molecule has 1 saturated heterocycles. The summed E-state index contributed by atoms with van der Waals surface area (Å²) in [6.07, 6.45) is 4.95. The first-order valence-corrected chi connectivity index (χ1v) is 13.9. The maximum Gasteiger partial charge on any atom is 0.240 e. The van der Waals surface area contributed by atoms with Gasteiger partial charge in [0.15, 0.2) is 0 Å². The molecular weight excluding hydrogens is 522 g/mol. The zero-order chi connectivity index (χ0) is 27.7. The van der Waals surface area contributed by atoms with Crippen molar-refractivity contribution in [2.24, 2.45) is 0 Å². The second kappa shape index (κ2) is 13.3.